The van der Waals surface area contributed by atoms with Crippen molar-refractivity contribution in [2.45, 2.75) is 39.2 Å². The monoisotopic (exact) mass is 219 g/mol. The summed E-state index contributed by atoms with van der Waals surface area (Å²) in [6.45, 7) is 5.98. The molecule has 2 rings (SSSR count). The van der Waals surface area contributed by atoms with E-state index in [1.54, 1.807) is 6.20 Å². The molecule has 0 fully saturated rings. The highest BCUT2D eigenvalue weighted by Crippen LogP contribution is 2.32. The molecular formula is C12H17N3O. The second-order valence-corrected chi connectivity index (χ2v) is 4.28. The molecule has 2 N–H and O–H groups in total. The standard InChI is InChI=1S/C12H17N3O/c1-4-12(5-2)11(16)14-9-6-8(3)7-13-10(9)15-12/h6-7H,4-5H2,1-3H3,(H,13,15)(H,14,16). The molecule has 4 nitrogen and oxygen atoms in total. The van der Waals surface area contributed by atoms with Gasteiger partial charge in [-0.25, -0.2) is 4.98 Å². The van der Waals surface area contributed by atoms with E-state index in [4.69, 9.17) is 0 Å². The number of carbonyl (C=O) groups is 1. The number of fused-ring (bicyclic) bond motifs is 1. The van der Waals surface area contributed by atoms with E-state index < -0.39 is 5.54 Å². The fraction of sp³-hybridized carbons (Fsp3) is 0.500. The smallest absolute Gasteiger partial charge is 0.250 e. The molecule has 1 aromatic rings. The highest BCUT2D eigenvalue weighted by atomic mass is 16.2. The largest absolute Gasteiger partial charge is 0.354 e. The Morgan fingerprint density at radius 3 is 2.69 bits per heavy atom. The molecular weight excluding hydrogens is 202 g/mol. The minimum Gasteiger partial charge on any atom is -0.354 e. The van der Waals surface area contributed by atoms with E-state index in [-0.39, 0.29) is 5.91 Å². The zero-order valence-electron chi connectivity index (χ0n) is 9.92. The van der Waals surface area contributed by atoms with Crippen molar-refractivity contribution in [3.05, 3.63) is 17.8 Å². The van der Waals surface area contributed by atoms with Crippen LogP contribution in [0.5, 0.6) is 0 Å². The number of aromatic nitrogens is 1. The number of anilines is 2. The van der Waals surface area contributed by atoms with Gasteiger partial charge in [0.1, 0.15) is 5.54 Å². The summed E-state index contributed by atoms with van der Waals surface area (Å²) < 4.78 is 0. The Labute approximate surface area is 95.5 Å². The summed E-state index contributed by atoms with van der Waals surface area (Å²) in [7, 11) is 0. The lowest BCUT2D eigenvalue weighted by molar-refractivity contribution is -0.120. The lowest BCUT2D eigenvalue weighted by Gasteiger charge is -2.36. The van der Waals surface area contributed by atoms with Crippen LogP contribution in [0.3, 0.4) is 0 Å². The van der Waals surface area contributed by atoms with Gasteiger partial charge in [0.2, 0.25) is 5.91 Å². The molecule has 0 saturated carbocycles. The van der Waals surface area contributed by atoms with Crippen LogP contribution >= 0.6 is 0 Å². The van der Waals surface area contributed by atoms with E-state index in [1.807, 2.05) is 26.8 Å². The predicted molar refractivity (Wildman–Crippen MR) is 64.5 cm³/mol. The quantitative estimate of drug-likeness (QED) is 0.802. The highest BCUT2D eigenvalue weighted by molar-refractivity contribution is 6.05. The van der Waals surface area contributed by atoms with Crippen molar-refractivity contribution in [1.82, 2.24) is 4.98 Å². The summed E-state index contributed by atoms with van der Waals surface area (Å²) in [4.78, 5) is 16.4. The number of aryl methyl sites for hydroxylation is 1. The number of hydrogen-bond acceptors (Lipinski definition) is 3. The lowest BCUT2D eigenvalue weighted by Crippen LogP contribution is -2.51. The van der Waals surface area contributed by atoms with Crippen LogP contribution in [-0.2, 0) is 4.79 Å². The molecule has 0 radical (unpaired) electrons. The molecule has 0 spiro atoms. The number of nitrogens with zero attached hydrogens (tertiary/aromatic N) is 1. The zero-order chi connectivity index (χ0) is 11.8. The summed E-state index contributed by atoms with van der Waals surface area (Å²) in [5.41, 5.74) is 1.32. The van der Waals surface area contributed by atoms with Crippen LogP contribution < -0.4 is 10.6 Å². The molecule has 0 aromatic carbocycles. The van der Waals surface area contributed by atoms with Crippen molar-refractivity contribution in [2.75, 3.05) is 10.6 Å². The van der Waals surface area contributed by atoms with E-state index in [9.17, 15) is 4.79 Å². The first-order valence-corrected chi connectivity index (χ1v) is 5.67. The molecule has 0 aliphatic carbocycles. The lowest BCUT2D eigenvalue weighted by atomic mass is 9.90. The van der Waals surface area contributed by atoms with Crippen LogP contribution in [0, 0.1) is 6.92 Å². The van der Waals surface area contributed by atoms with E-state index in [0.717, 1.165) is 29.9 Å². The first kappa shape index (κ1) is 10.9. The van der Waals surface area contributed by atoms with Crippen LogP contribution in [-0.4, -0.2) is 16.4 Å². The Hall–Kier alpha value is -1.58. The van der Waals surface area contributed by atoms with Gasteiger partial charge in [-0.15, -0.1) is 0 Å². The summed E-state index contributed by atoms with van der Waals surface area (Å²) in [6.07, 6.45) is 3.31. The minimum absolute atomic E-state index is 0.0393. The van der Waals surface area contributed by atoms with Crippen molar-refractivity contribution >= 4 is 17.4 Å². The van der Waals surface area contributed by atoms with Gasteiger partial charge >= 0.3 is 0 Å². The Bertz CT molecular complexity index is 424. The van der Waals surface area contributed by atoms with Gasteiger partial charge in [-0.3, -0.25) is 4.79 Å². The summed E-state index contributed by atoms with van der Waals surface area (Å²) in [5, 5.41) is 6.19. The third-order valence-corrected chi connectivity index (χ3v) is 3.27. The van der Waals surface area contributed by atoms with Gasteiger partial charge in [-0.2, -0.15) is 0 Å². The summed E-state index contributed by atoms with van der Waals surface area (Å²) in [5.74, 6) is 0.811. The maximum Gasteiger partial charge on any atom is 0.250 e. The highest BCUT2D eigenvalue weighted by Gasteiger charge is 2.39. The van der Waals surface area contributed by atoms with Crippen LogP contribution in [0.25, 0.3) is 0 Å². The van der Waals surface area contributed by atoms with Gasteiger partial charge in [0, 0.05) is 6.20 Å². The zero-order valence-corrected chi connectivity index (χ0v) is 9.92. The van der Waals surface area contributed by atoms with E-state index in [0.29, 0.717) is 0 Å². The number of carbonyl (C=O) groups excluding carboxylic acids is 1. The SMILES string of the molecule is CCC1(CC)Nc2ncc(C)cc2NC1=O. The molecule has 86 valence electrons. The van der Waals surface area contributed by atoms with E-state index in [2.05, 4.69) is 15.6 Å². The normalized spacial score (nSPS) is 17.3. The van der Waals surface area contributed by atoms with Crippen LogP contribution in [0.4, 0.5) is 11.5 Å². The topological polar surface area (TPSA) is 54.0 Å². The second-order valence-electron chi connectivity index (χ2n) is 4.28. The summed E-state index contributed by atoms with van der Waals surface area (Å²) in [6, 6.07) is 1.93. The number of pyridine rings is 1. The van der Waals surface area contributed by atoms with Crippen molar-refractivity contribution < 1.29 is 4.79 Å². The van der Waals surface area contributed by atoms with Gasteiger partial charge in [-0.1, -0.05) is 13.8 Å². The van der Waals surface area contributed by atoms with E-state index >= 15 is 0 Å². The van der Waals surface area contributed by atoms with Crippen molar-refractivity contribution in [3.63, 3.8) is 0 Å². The van der Waals surface area contributed by atoms with Gasteiger partial charge < -0.3 is 10.6 Å². The number of nitrogens with one attached hydrogen (secondary N) is 2. The first-order valence-electron chi connectivity index (χ1n) is 5.67. The molecule has 0 saturated heterocycles. The van der Waals surface area contributed by atoms with Crippen molar-refractivity contribution in [3.8, 4) is 0 Å². The number of rotatable bonds is 2. The average Bonchev–Trinajstić information content (AvgIpc) is 2.28. The van der Waals surface area contributed by atoms with Crippen molar-refractivity contribution in [1.29, 1.82) is 0 Å². The second kappa shape index (κ2) is 3.77. The minimum atomic E-state index is -0.505. The fourth-order valence-electron chi connectivity index (χ4n) is 2.04. The van der Waals surface area contributed by atoms with Crippen LogP contribution in [0.1, 0.15) is 32.3 Å². The molecule has 2 heterocycles. The predicted octanol–water partition coefficient (Wildman–Crippen LogP) is 2.31. The van der Waals surface area contributed by atoms with Crippen LogP contribution in [0.15, 0.2) is 12.3 Å². The molecule has 0 bridgehead atoms. The molecule has 1 amide bonds. The Morgan fingerprint density at radius 1 is 1.38 bits per heavy atom. The van der Waals surface area contributed by atoms with Gasteiger partial charge in [0.05, 0.1) is 5.69 Å². The van der Waals surface area contributed by atoms with Gasteiger partial charge in [0.25, 0.3) is 0 Å². The maximum atomic E-state index is 12.1. The molecule has 16 heavy (non-hydrogen) atoms. The van der Waals surface area contributed by atoms with Crippen LogP contribution in [0.2, 0.25) is 0 Å². The Balaban J connectivity index is 2.42. The molecule has 1 aliphatic rings. The molecule has 1 aromatic heterocycles. The third-order valence-electron chi connectivity index (χ3n) is 3.27. The molecule has 0 unspecified atom stereocenters. The number of amides is 1. The molecule has 4 heteroatoms. The molecule has 0 atom stereocenters. The fourth-order valence-corrected chi connectivity index (χ4v) is 2.04. The average molecular weight is 219 g/mol. The Kier molecular flexibility index (Phi) is 2.58. The summed E-state index contributed by atoms with van der Waals surface area (Å²) >= 11 is 0. The van der Waals surface area contributed by atoms with Gasteiger partial charge in [0.15, 0.2) is 5.82 Å². The first-order chi connectivity index (χ1) is 7.61. The molecule has 1 aliphatic heterocycles. The Morgan fingerprint density at radius 2 is 2.06 bits per heavy atom. The number of hydrogen-bond donors (Lipinski definition) is 2. The third kappa shape index (κ3) is 1.54. The maximum absolute atomic E-state index is 12.1. The van der Waals surface area contributed by atoms with Crippen molar-refractivity contribution in [2.24, 2.45) is 0 Å². The van der Waals surface area contributed by atoms with E-state index in [1.165, 1.54) is 0 Å². The van der Waals surface area contributed by atoms with Gasteiger partial charge in [-0.05, 0) is 31.4 Å².